The summed E-state index contributed by atoms with van der Waals surface area (Å²) in [5, 5.41) is 5.49. The number of nitrogens with zero attached hydrogens (tertiary/aromatic N) is 2. The van der Waals surface area contributed by atoms with Crippen LogP contribution in [0.2, 0.25) is 0 Å². The molecule has 1 aliphatic rings. The number of benzene rings is 3. The molecule has 0 N–H and O–H groups in total. The third-order valence-corrected chi connectivity index (χ3v) is 5.19. The average molecular weight is 436 g/mol. The lowest BCUT2D eigenvalue weighted by atomic mass is 10.0. The van der Waals surface area contributed by atoms with E-state index in [0.29, 0.717) is 58.9 Å². The third kappa shape index (κ3) is 3.75. The Morgan fingerprint density at radius 1 is 0.938 bits per heavy atom. The van der Waals surface area contributed by atoms with Crippen molar-refractivity contribution in [3.05, 3.63) is 82.7 Å². The zero-order chi connectivity index (χ0) is 22.1. The van der Waals surface area contributed by atoms with E-state index >= 15 is 0 Å². The third-order valence-electron chi connectivity index (χ3n) is 5.19. The van der Waals surface area contributed by atoms with Crippen LogP contribution in [0, 0.1) is 11.6 Å². The fraction of sp³-hybridized carbons (Fsp3) is 0.167. The highest BCUT2D eigenvalue weighted by atomic mass is 19.2. The Morgan fingerprint density at radius 3 is 2.59 bits per heavy atom. The first kappa shape index (κ1) is 20.0. The molecule has 0 atom stereocenters. The van der Waals surface area contributed by atoms with Crippen LogP contribution in [-0.2, 0) is 6.54 Å². The van der Waals surface area contributed by atoms with Gasteiger partial charge in [-0.2, -0.15) is 5.10 Å². The Bertz CT molecular complexity index is 1370. The topological polar surface area (TPSA) is 62.6 Å². The molecule has 2 heterocycles. The standard InChI is InChI=1S/C24H18F2N2O4/c25-19-8-6-15(12-20(19)26)23-17-4-1-2-5-18(17)24(29)28(27-23)10-3-11-30-16-7-9-21-22(13-16)32-14-31-21/h1-2,4-9,12-13H,3,10-11,14H2. The van der Waals surface area contributed by atoms with Crippen molar-refractivity contribution in [1.29, 1.82) is 0 Å². The van der Waals surface area contributed by atoms with Crippen molar-refractivity contribution in [2.24, 2.45) is 0 Å². The maximum Gasteiger partial charge on any atom is 0.274 e. The van der Waals surface area contributed by atoms with Gasteiger partial charge in [-0.15, -0.1) is 0 Å². The lowest BCUT2D eigenvalue weighted by molar-refractivity contribution is 0.173. The van der Waals surface area contributed by atoms with Crippen molar-refractivity contribution in [2.45, 2.75) is 13.0 Å². The first-order valence-corrected chi connectivity index (χ1v) is 10.1. The van der Waals surface area contributed by atoms with Gasteiger partial charge in [0.2, 0.25) is 6.79 Å². The van der Waals surface area contributed by atoms with Gasteiger partial charge in [0, 0.05) is 30.0 Å². The lowest BCUT2D eigenvalue weighted by Crippen LogP contribution is -2.24. The van der Waals surface area contributed by atoms with Crippen LogP contribution in [0.1, 0.15) is 6.42 Å². The zero-order valence-corrected chi connectivity index (χ0v) is 16.9. The number of aryl methyl sites for hydroxylation is 1. The predicted molar refractivity (Wildman–Crippen MR) is 114 cm³/mol. The summed E-state index contributed by atoms with van der Waals surface area (Å²) in [5.41, 5.74) is 0.552. The number of aromatic nitrogens is 2. The summed E-state index contributed by atoms with van der Waals surface area (Å²) in [6, 6.07) is 15.9. The van der Waals surface area contributed by atoms with E-state index in [9.17, 15) is 13.6 Å². The van der Waals surface area contributed by atoms with Crippen LogP contribution in [0.4, 0.5) is 8.78 Å². The van der Waals surface area contributed by atoms with E-state index in [-0.39, 0.29) is 12.4 Å². The summed E-state index contributed by atoms with van der Waals surface area (Å²) >= 11 is 0. The lowest BCUT2D eigenvalue weighted by Gasteiger charge is -2.12. The van der Waals surface area contributed by atoms with Crippen molar-refractivity contribution >= 4 is 10.8 Å². The van der Waals surface area contributed by atoms with Gasteiger partial charge in [-0.3, -0.25) is 4.79 Å². The molecular weight excluding hydrogens is 418 g/mol. The highest BCUT2D eigenvalue weighted by molar-refractivity contribution is 5.93. The van der Waals surface area contributed by atoms with Crippen LogP contribution in [0.3, 0.4) is 0 Å². The van der Waals surface area contributed by atoms with Crippen molar-refractivity contribution in [3.8, 4) is 28.5 Å². The van der Waals surface area contributed by atoms with Crippen LogP contribution < -0.4 is 19.8 Å². The molecule has 4 aromatic rings. The van der Waals surface area contributed by atoms with Gasteiger partial charge in [-0.05, 0) is 36.4 Å². The highest BCUT2D eigenvalue weighted by Crippen LogP contribution is 2.35. The number of hydrogen-bond acceptors (Lipinski definition) is 5. The minimum Gasteiger partial charge on any atom is -0.493 e. The summed E-state index contributed by atoms with van der Waals surface area (Å²) in [4.78, 5) is 12.9. The Labute approximate surface area is 181 Å². The monoisotopic (exact) mass is 436 g/mol. The molecule has 0 amide bonds. The van der Waals surface area contributed by atoms with E-state index in [2.05, 4.69) is 5.10 Å². The summed E-state index contributed by atoms with van der Waals surface area (Å²) in [6.07, 6.45) is 0.511. The van der Waals surface area contributed by atoms with E-state index < -0.39 is 11.6 Å². The second-order valence-electron chi connectivity index (χ2n) is 7.27. The van der Waals surface area contributed by atoms with Crippen molar-refractivity contribution in [3.63, 3.8) is 0 Å². The van der Waals surface area contributed by atoms with E-state index in [1.807, 2.05) is 0 Å². The molecule has 0 saturated carbocycles. The fourth-order valence-corrected chi connectivity index (χ4v) is 3.61. The zero-order valence-electron chi connectivity index (χ0n) is 16.9. The van der Waals surface area contributed by atoms with E-state index in [1.54, 1.807) is 42.5 Å². The molecule has 0 saturated heterocycles. The summed E-state index contributed by atoms with van der Waals surface area (Å²) in [5.74, 6) is 0.0333. The Morgan fingerprint density at radius 2 is 1.75 bits per heavy atom. The molecule has 1 aromatic heterocycles. The van der Waals surface area contributed by atoms with Crippen LogP contribution in [-0.4, -0.2) is 23.2 Å². The molecule has 0 aliphatic carbocycles. The van der Waals surface area contributed by atoms with Crippen LogP contribution in [0.15, 0.2) is 65.5 Å². The van der Waals surface area contributed by atoms with E-state index in [0.717, 1.165) is 12.1 Å². The number of hydrogen-bond donors (Lipinski definition) is 0. The summed E-state index contributed by atoms with van der Waals surface area (Å²) in [6.45, 7) is 0.835. The molecule has 1 aliphatic heterocycles. The number of halogens is 2. The Kier molecular flexibility index (Phi) is 5.18. The van der Waals surface area contributed by atoms with Gasteiger partial charge in [0.15, 0.2) is 23.1 Å². The van der Waals surface area contributed by atoms with Gasteiger partial charge in [-0.1, -0.05) is 18.2 Å². The maximum absolute atomic E-state index is 13.8. The number of fused-ring (bicyclic) bond motifs is 2. The molecule has 0 spiro atoms. The quantitative estimate of drug-likeness (QED) is 0.416. The average Bonchev–Trinajstić information content (AvgIpc) is 3.28. The second-order valence-corrected chi connectivity index (χ2v) is 7.27. The number of ether oxygens (including phenoxy) is 3. The van der Waals surface area contributed by atoms with Gasteiger partial charge < -0.3 is 14.2 Å². The highest BCUT2D eigenvalue weighted by Gasteiger charge is 2.15. The van der Waals surface area contributed by atoms with Gasteiger partial charge >= 0.3 is 0 Å². The molecule has 6 nitrogen and oxygen atoms in total. The first-order valence-electron chi connectivity index (χ1n) is 10.1. The molecule has 3 aromatic carbocycles. The maximum atomic E-state index is 13.8. The van der Waals surface area contributed by atoms with Crippen LogP contribution >= 0.6 is 0 Å². The molecule has 162 valence electrons. The Hall–Kier alpha value is -3.94. The summed E-state index contributed by atoms with van der Waals surface area (Å²) < 4.78 is 44.9. The largest absolute Gasteiger partial charge is 0.493 e. The minimum absolute atomic E-state index is 0.190. The molecular formula is C24H18F2N2O4. The Balaban J connectivity index is 1.38. The van der Waals surface area contributed by atoms with Crippen molar-refractivity contribution < 1.29 is 23.0 Å². The summed E-state index contributed by atoms with van der Waals surface area (Å²) in [7, 11) is 0. The normalized spacial score (nSPS) is 12.3. The smallest absolute Gasteiger partial charge is 0.274 e. The van der Waals surface area contributed by atoms with Gasteiger partial charge in [0.05, 0.1) is 17.7 Å². The molecule has 0 radical (unpaired) electrons. The molecule has 0 fully saturated rings. The second kappa shape index (κ2) is 8.30. The predicted octanol–water partition coefficient (Wildman–Crippen LogP) is 4.54. The van der Waals surface area contributed by atoms with Gasteiger partial charge in [0.1, 0.15) is 5.75 Å². The fourth-order valence-electron chi connectivity index (χ4n) is 3.61. The van der Waals surface area contributed by atoms with E-state index in [4.69, 9.17) is 14.2 Å². The van der Waals surface area contributed by atoms with Gasteiger partial charge in [-0.25, -0.2) is 13.5 Å². The molecule has 0 bridgehead atoms. The molecule has 32 heavy (non-hydrogen) atoms. The van der Waals surface area contributed by atoms with Crippen molar-refractivity contribution in [1.82, 2.24) is 9.78 Å². The molecule has 0 unspecified atom stereocenters. The van der Waals surface area contributed by atoms with E-state index in [1.165, 1.54) is 10.7 Å². The van der Waals surface area contributed by atoms with Gasteiger partial charge in [0.25, 0.3) is 5.56 Å². The van der Waals surface area contributed by atoms with Crippen LogP contribution in [0.25, 0.3) is 22.0 Å². The first-order chi connectivity index (χ1) is 15.6. The van der Waals surface area contributed by atoms with Crippen molar-refractivity contribution in [2.75, 3.05) is 13.4 Å². The SMILES string of the molecule is O=c1c2ccccc2c(-c2ccc(F)c(F)c2)nn1CCCOc1ccc2c(c1)OCO2. The van der Waals surface area contributed by atoms with Crippen LogP contribution in [0.5, 0.6) is 17.2 Å². The number of rotatable bonds is 6. The molecule has 5 rings (SSSR count). The minimum atomic E-state index is -0.969. The molecule has 8 heteroatoms.